The van der Waals surface area contributed by atoms with Crippen molar-refractivity contribution in [1.29, 1.82) is 5.26 Å². The van der Waals surface area contributed by atoms with Gasteiger partial charge in [0.2, 0.25) is 0 Å². The van der Waals surface area contributed by atoms with Gasteiger partial charge >= 0.3 is 0 Å². The van der Waals surface area contributed by atoms with Crippen LogP contribution in [0.15, 0.2) is 18.2 Å². The summed E-state index contributed by atoms with van der Waals surface area (Å²) in [5.74, 6) is 0.493. The third-order valence-corrected chi connectivity index (χ3v) is 6.44. The molecule has 0 saturated carbocycles. The molecule has 2 saturated heterocycles. The van der Waals surface area contributed by atoms with Gasteiger partial charge in [0.1, 0.15) is 6.07 Å². The third kappa shape index (κ3) is 3.34. The van der Waals surface area contributed by atoms with Crippen LogP contribution in [0, 0.1) is 21.4 Å². The molecule has 8 nitrogen and oxygen atoms in total. The van der Waals surface area contributed by atoms with Crippen molar-refractivity contribution in [3.8, 4) is 6.07 Å². The predicted molar refractivity (Wildman–Crippen MR) is 88.7 cm³/mol. The van der Waals surface area contributed by atoms with Crippen molar-refractivity contribution in [2.24, 2.45) is 0 Å². The van der Waals surface area contributed by atoms with Crippen molar-refractivity contribution in [3.63, 3.8) is 0 Å². The third-order valence-electron chi connectivity index (χ3n) is 4.69. The van der Waals surface area contributed by atoms with Crippen molar-refractivity contribution in [1.82, 2.24) is 4.90 Å². The van der Waals surface area contributed by atoms with Gasteiger partial charge in [0.25, 0.3) is 5.69 Å². The van der Waals surface area contributed by atoms with Crippen LogP contribution >= 0.6 is 0 Å². The first-order chi connectivity index (χ1) is 11.4. The Morgan fingerprint density at radius 2 is 1.96 bits per heavy atom. The van der Waals surface area contributed by atoms with Crippen LogP contribution < -0.4 is 4.90 Å². The molecule has 2 aliphatic rings. The number of benzene rings is 1. The van der Waals surface area contributed by atoms with Crippen LogP contribution in [0.4, 0.5) is 11.4 Å². The highest BCUT2D eigenvalue weighted by Gasteiger charge is 2.34. The Bertz CT molecular complexity index is 794. The monoisotopic (exact) mass is 350 g/mol. The van der Waals surface area contributed by atoms with E-state index in [0.29, 0.717) is 30.8 Å². The van der Waals surface area contributed by atoms with Crippen molar-refractivity contribution < 1.29 is 13.3 Å². The first kappa shape index (κ1) is 16.7. The number of nitro benzene ring substituents is 1. The van der Waals surface area contributed by atoms with Gasteiger partial charge in [-0.15, -0.1) is 0 Å². The average molecular weight is 350 g/mol. The van der Waals surface area contributed by atoms with E-state index in [9.17, 15) is 23.8 Å². The lowest BCUT2D eigenvalue weighted by Crippen LogP contribution is -2.51. The minimum absolute atomic E-state index is 0.0875. The summed E-state index contributed by atoms with van der Waals surface area (Å²) in [6, 6.07) is 6.44. The van der Waals surface area contributed by atoms with Crippen LogP contribution in [0.5, 0.6) is 0 Å². The molecule has 128 valence electrons. The number of nitrogens with zero attached hydrogens (tertiary/aromatic N) is 4. The fraction of sp³-hybridized carbons (Fsp3) is 0.533. The molecule has 3 rings (SSSR count). The molecule has 0 spiro atoms. The van der Waals surface area contributed by atoms with E-state index in [2.05, 4.69) is 4.90 Å². The van der Waals surface area contributed by atoms with Crippen molar-refractivity contribution in [2.75, 3.05) is 42.6 Å². The van der Waals surface area contributed by atoms with Crippen molar-refractivity contribution in [2.45, 2.75) is 12.5 Å². The van der Waals surface area contributed by atoms with Crippen LogP contribution in [0.1, 0.15) is 12.0 Å². The van der Waals surface area contributed by atoms with Gasteiger partial charge in [0.05, 0.1) is 27.7 Å². The normalized spacial score (nSPS) is 23.8. The maximum Gasteiger partial charge on any atom is 0.270 e. The standard InChI is InChI=1S/C15H18N4O4S/c16-10-12-9-13(19(20)21)1-2-15(12)18-6-4-17(5-7-18)14-3-8-24(22,23)11-14/h1-2,9,14H,3-8,11H2/t14-/m1/s1. The Hall–Kier alpha value is -2.18. The van der Waals surface area contributed by atoms with Crippen LogP contribution in [0.2, 0.25) is 0 Å². The van der Waals surface area contributed by atoms with Gasteiger partial charge in [-0.1, -0.05) is 0 Å². The number of sulfone groups is 1. The molecule has 2 aliphatic heterocycles. The number of hydrogen-bond acceptors (Lipinski definition) is 7. The molecule has 2 fully saturated rings. The van der Waals surface area contributed by atoms with E-state index < -0.39 is 14.8 Å². The fourth-order valence-electron chi connectivity index (χ4n) is 3.39. The lowest BCUT2D eigenvalue weighted by Gasteiger charge is -2.39. The molecule has 24 heavy (non-hydrogen) atoms. The van der Waals surface area contributed by atoms with Gasteiger partial charge in [0.15, 0.2) is 9.84 Å². The number of non-ortho nitro benzene ring substituents is 1. The van der Waals surface area contributed by atoms with Crippen molar-refractivity contribution in [3.05, 3.63) is 33.9 Å². The smallest absolute Gasteiger partial charge is 0.270 e. The summed E-state index contributed by atoms with van der Waals surface area (Å²) in [4.78, 5) is 14.5. The minimum Gasteiger partial charge on any atom is -0.368 e. The van der Waals surface area contributed by atoms with E-state index in [0.717, 1.165) is 13.1 Å². The van der Waals surface area contributed by atoms with Crippen LogP contribution in [0.3, 0.4) is 0 Å². The Labute approximate surface area is 140 Å². The molecule has 1 aromatic carbocycles. The van der Waals surface area contributed by atoms with E-state index >= 15 is 0 Å². The van der Waals surface area contributed by atoms with Crippen LogP contribution in [-0.2, 0) is 9.84 Å². The van der Waals surface area contributed by atoms with Gasteiger partial charge < -0.3 is 4.90 Å². The highest BCUT2D eigenvalue weighted by atomic mass is 32.2. The van der Waals surface area contributed by atoms with Gasteiger partial charge in [-0.3, -0.25) is 15.0 Å². The molecule has 0 amide bonds. The number of hydrogen-bond donors (Lipinski definition) is 0. The number of anilines is 1. The summed E-state index contributed by atoms with van der Waals surface area (Å²) in [5, 5.41) is 20.1. The zero-order valence-corrected chi connectivity index (χ0v) is 13.9. The Morgan fingerprint density at radius 3 is 2.50 bits per heavy atom. The highest BCUT2D eigenvalue weighted by Crippen LogP contribution is 2.27. The second-order valence-corrected chi connectivity index (χ2v) is 8.38. The van der Waals surface area contributed by atoms with E-state index in [-0.39, 0.29) is 23.2 Å². The zero-order valence-electron chi connectivity index (χ0n) is 13.1. The molecule has 9 heteroatoms. The Morgan fingerprint density at radius 1 is 1.25 bits per heavy atom. The lowest BCUT2D eigenvalue weighted by molar-refractivity contribution is -0.384. The average Bonchev–Trinajstić information content (AvgIpc) is 2.94. The topological polar surface area (TPSA) is 108 Å². The molecule has 0 N–H and O–H groups in total. The van der Waals surface area contributed by atoms with E-state index in [4.69, 9.17) is 0 Å². The second kappa shape index (κ2) is 6.37. The molecule has 0 aliphatic carbocycles. The highest BCUT2D eigenvalue weighted by molar-refractivity contribution is 7.91. The van der Waals surface area contributed by atoms with Gasteiger partial charge in [-0.25, -0.2) is 8.42 Å². The number of rotatable bonds is 3. The minimum atomic E-state index is -2.90. The summed E-state index contributed by atoms with van der Waals surface area (Å²) in [7, 11) is -2.90. The van der Waals surface area contributed by atoms with Gasteiger partial charge in [0, 0.05) is 44.4 Å². The maximum absolute atomic E-state index is 11.6. The Balaban J connectivity index is 1.69. The van der Waals surface area contributed by atoms with E-state index in [1.165, 1.54) is 12.1 Å². The second-order valence-electron chi connectivity index (χ2n) is 6.15. The number of piperazine rings is 1. The Kier molecular flexibility index (Phi) is 4.43. The maximum atomic E-state index is 11.6. The quantitative estimate of drug-likeness (QED) is 0.585. The van der Waals surface area contributed by atoms with E-state index in [1.54, 1.807) is 6.07 Å². The van der Waals surface area contributed by atoms with E-state index in [1.807, 2.05) is 11.0 Å². The summed E-state index contributed by atoms with van der Waals surface area (Å²) in [6.45, 7) is 2.79. The summed E-state index contributed by atoms with van der Waals surface area (Å²) in [6.07, 6.45) is 0.684. The largest absolute Gasteiger partial charge is 0.368 e. The predicted octanol–water partition coefficient (Wildman–Crippen LogP) is 0.776. The molecule has 1 atom stereocenters. The van der Waals surface area contributed by atoms with Crippen LogP contribution in [-0.4, -0.2) is 62.0 Å². The molecular weight excluding hydrogens is 332 g/mol. The lowest BCUT2D eigenvalue weighted by atomic mass is 10.1. The van der Waals surface area contributed by atoms with Gasteiger partial charge in [-0.2, -0.15) is 5.26 Å². The summed E-state index contributed by atoms with van der Waals surface area (Å²) in [5.41, 5.74) is 0.896. The summed E-state index contributed by atoms with van der Waals surface area (Å²) < 4.78 is 23.2. The molecule has 0 radical (unpaired) electrons. The van der Waals surface area contributed by atoms with Gasteiger partial charge in [-0.05, 0) is 12.5 Å². The fourth-order valence-corrected chi connectivity index (χ4v) is 5.16. The first-order valence-electron chi connectivity index (χ1n) is 7.77. The molecule has 2 heterocycles. The number of nitriles is 1. The molecule has 0 aromatic heterocycles. The molecule has 0 bridgehead atoms. The molecular formula is C15H18N4O4S. The zero-order chi connectivity index (χ0) is 17.3. The first-order valence-corrected chi connectivity index (χ1v) is 9.60. The summed E-state index contributed by atoms with van der Waals surface area (Å²) >= 11 is 0. The molecule has 0 unspecified atom stereocenters. The number of nitro groups is 1. The SMILES string of the molecule is N#Cc1cc([N+](=O)[O-])ccc1N1CCN([C@@H]2CCS(=O)(=O)C2)CC1. The van der Waals surface area contributed by atoms with Crippen molar-refractivity contribution >= 4 is 21.2 Å². The molecule has 1 aromatic rings. The van der Waals surface area contributed by atoms with Crippen LogP contribution in [0.25, 0.3) is 0 Å².